The summed E-state index contributed by atoms with van der Waals surface area (Å²) in [4.78, 5) is 2.14. The molecule has 0 radical (unpaired) electrons. The van der Waals surface area contributed by atoms with Crippen LogP contribution >= 0.6 is 0 Å². The molecule has 0 unspecified atom stereocenters. The number of rotatable bonds is 5. The molecule has 0 saturated carbocycles. The fraction of sp³-hybridized carbons (Fsp3) is 0.500. The second-order valence-corrected chi connectivity index (χ2v) is 7.69. The van der Waals surface area contributed by atoms with Crippen LogP contribution in [0.4, 0.5) is 0 Å². The molecule has 1 aliphatic rings. The lowest BCUT2D eigenvalue weighted by Gasteiger charge is -2.20. The lowest BCUT2D eigenvalue weighted by atomic mass is 10.1. The van der Waals surface area contributed by atoms with E-state index in [1.165, 1.54) is 5.56 Å². The molecule has 0 spiro atoms. The first kappa shape index (κ1) is 14.5. The van der Waals surface area contributed by atoms with Crippen LogP contribution in [-0.4, -0.2) is 60.3 Å². The molecule has 1 saturated heterocycles. The van der Waals surface area contributed by atoms with E-state index in [-0.39, 0.29) is 0 Å². The first-order chi connectivity index (χ1) is 10.0. The van der Waals surface area contributed by atoms with Gasteiger partial charge in [-0.25, -0.2) is 12.7 Å². The molecule has 0 atom stereocenters. The fourth-order valence-corrected chi connectivity index (χ4v) is 4.22. The standard InChI is InChI=1S/C14H20N4O2S/c1-17(6-7-18-5-2-8-21(18,19)20)11-12-3-4-13-10-15-16-14(13)9-12/h3-4,9-10H,2,5-8,11H2,1H3,(H,15,16). The number of H-pyrrole nitrogens is 1. The van der Waals surface area contributed by atoms with Crippen LogP contribution in [0.1, 0.15) is 12.0 Å². The van der Waals surface area contributed by atoms with Crippen molar-refractivity contribution in [2.45, 2.75) is 13.0 Å². The molecule has 1 fully saturated rings. The van der Waals surface area contributed by atoms with Gasteiger partial charge in [-0.15, -0.1) is 0 Å². The molecule has 6 nitrogen and oxygen atoms in total. The summed E-state index contributed by atoms with van der Waals surface area (Å²) in [5.41, 5.74) is 2.22. The zero-order valence-corrected chi connectivity index (χ0v) is 12.9. The molecular formula is C14H20N4O2S. The number of nitrogens with one attached hydrogen (secondary N) is 1. The molecule has 7 heteroatoms. The van der Waals surface area contributed by atoms with Gasteiger partial charge in [0.05, 0.1) is 17.5 Å². The van der Waals surface area contributed by atoms with Crippen LogP contribution in [0.15, 0.2) is 24.4 Å². The summed E-state index contributed by atoms with van der Waals surface area (Å²) in [6.45, 7) is 2.77. The lowest BCUT2D eigenvalue weighted by Crippen LogP contribution is -2.34. The molecular weight excluding hydrogens is 288 g/mol. The van der Waals surface area contributed by atoms with Gasteiger partial charge in [-0.2, -0.15) is 5.10 Å². The Morgan fingerprint density at radius 1 is 1.43 bits per heavy atom. The van der Waals surface area contributed by atoms with Gasteiger partial charge in [-0.3, -0.25) is 5.10 Å². The van der Waals surface area contributed by atoms with E-state index in [0.29, 0.717) is 18.8 Å². The summed E-state index contributed by atoms with van der Waals surface area (Å²) in [6.07, 6.45) is 2.56. The SMILES string of the molecule is CN(CCN1CCCS1(=O)=O)Cc1ccc2cn[nH]c2c1. The number of nitrogens with zero attached hydrogens (tertiary/aromatic N) is 3. The summed E-state index contributed by atoms with van der Waals surface area (Å²) in [5.74, 6) is 0.299. The Labute approximate surface area is 124 Å². The zero-order valence-electron chi connectivity index (χ0n) is 12.1. The summed E-state index contributed by atoms with van der Waals surface area (Å²) < 4.78 is 25.1. The number of hydrogen-bond acceptors (Lipinski definition) is 4. The smallest absolute Gasteiger partial charge is 0.214 e. The van der Waals surface area contributed by atoms with Crippen LogP contribution < -0.4 is 0 Å². The van der Waals surface area contributed by atoms with E-state index < -0.39 is 10.0 Å². The maximum Gasteiger partial charge on any atom is 0.214 e. The van der Waals surface area contributed by atoms with E-state index in [1.807, 2.05) is 13.1 Å². The van der Waals surface area contributed by atoms with Crippen LogP contribution in [-0.2, 0) is 16.6 Å². The number of benzene rings is 1. The molecule has 1 aromatic carbocycles. The fourth-order valence-electron chi connectivity index (χ4n) is 2.70. The Bertz CT molecular complexity index is 725. The molecule has 1 N–H and O–H groups in total. The first-order valence-corrected chi connectivity index (χ1v) is 8.74. The number of aromatic nitrogens is 2. The van der Waals surface area contributed by atoms with E-state index >= 15 is 0 Å². The van der Waals surface area contributed by atoms with E-state index in [4.69, 9.17) is 0 Å². The highest BCUT2D eigenvalue weighted by atomic mass is 32.2. The van der Waals surface area contributed by atoms with Crippen molar-refractivity contribution in [2.75, 3.05) is 32.4 Å². The van der Waals surface area contributed by atoms with Gasteiger partial charge in [0.1, 0.15) is 0 Å². The highest BCUT2D eigenvalue weighted by molar-refractivity contribution is 7.89. The van der Waals surface area contributed by atoms with Crippen LogP contribution in [0.5, 0.6) is 0 Å². The zero-order chi connectivity index (χ0) is 14.9. The van der Waals surface area contributed by atoms with Crippen LogP contribution in [0, 0.1) is 0 Å². The van der Waals surface area contributed by atoms with Crippen molar-refractivity contribution in [3.8, 4) is 0 Å². The lowest BCUT2D eigenvalue weighted by molar-refractivity contribution is 0.293. The van der Waals surface area contributed by atoms with Gasteiger partial charge in [-0.1, -0.05) is 12.1 Å². The average molecular weight is 308 g/mol. The Morgan fingerprint density at radius 2 is 2.29 bits per heavy atom. The Hall–Kier alpha value is -1.44. The Kier molecular flexibility index (Phi) is 3.97. The highest BCUT2D eigenvalue weighted by Crippen LogP contribution is 2.15. The predicted octanol–water partition coefficient (Wildman–Crippen LogP) is 1.03. The summed E-state index contributed by atoms with van der Waals surface area (Å²) in [6, 6.07) is 6.22. The van der Waals surface area contributed by atoms with Gasteiger partial charge in [0, 0.05) is 31.6 Å². The minimum absolute atomic E-state index is 0.299. The average Bonchev–Trinajstić information content (AvgIpc) is 3.01. The van der Waals surface area contributed by atoms with Crippen molar-refractivity contribution in [3.05, 3.63) is 30.0 Å². The van der Waals surface area contributed by atoms with Crippen molar-refractivity contribution in [1.82, 2.24) is 19.4 Å². The van der Waals surface area contributed by atoms with Crippen molar-refractivity contribution < 1.29 is 8.42 Å². The first-order valence-electron chi connectivity index (χ1n) is 7.13. The third kappa shape index (κ3) is 3.25. The molecule has 21 heavy (non-hydrogen) atoms. The molecule has 1 aliphatic heterocycles. The van der Waals surface area contributed by atoms with Crippen molar-refractivity contribution in [3.63, 3.8) is 0 Å². The van der Waals surface area contributed by atoms with E-state index in [9.17, 15) is 8.42 Å². The van der Waals surface area contributed by atoms with Crippen molar-refractivity contribution >= 4 is 20.9 Å². The van der Waals surface area contributed by atoms with Crippen LogP contribution in [0.2, 0.25) is 0 Å². The van der Waals surface area contributed by atoms with Gasteiger partial charge < -0.3 is 4.90 Å². The maximum atomic E-state index is 11.7. The molecule has 2 heterocycles. The number of aromatic amines is 1. The quantitative estimate of drug-likeness (QED) is 0.896. The normalized spacial score (nSPS) is 18.8. The summed E-state index contributed by atoms with van der Waals surface area (Å²) in [5, 5.41) is 8.08. The predicted molar refractivity (Wildman–Crippen MR) is 82.4 cm³/mol. The Morgan fingerprint density at radius 3 is 3.05 bits per heavy atom. The molecule has 0 aliphatic carbocycles. The monoisotopic (exact) mass is 308 g/mol. The van der Waals surface area contributed by atoms with Gasteiger partial charge in [-0.05, 0) is 25.1 Å². The van der Waals surface area contributed by atoms with Gasteiger partial charge >= 0.3 is 0 Å². The molecule has 3 rings (SSSR count). The Balaban J connectivity index is 1.57. The van der Waals surface area contributed by atoms with Crippen molar-refractivity contribution in [1.29, 1.82) is 0 Å². The minimum atomic E-state index is -2.98. The highest BCUT2D eigenvalue weighted by Gasteiger charge is 2.27. The number of sulfonamides is 1. The van der Waals surface area contributed by atoms with Crippen molar-refractivity contribution in [2.24, 2.45) is 0 Å². The minimum Gasteiger partial charge on any atom is -0.301 e. The van der Waals surface area contributed by atoms with Gasteiger partial charge in [0.25, 0.3) is 0 Å². The third-order valence-corrected chi connectivity index (χ3v) is 5.85. The van der Waals surface area contributed by atoms with E-state index in [0.717, 1.165) is 30.4 Å². The molecule has 0 amide bonds. The largest absolute Gasteiger partial charge is 0.301 e. The number of likely N-dealkylation sites (N-methyl/N-ethyl adjacent to an activating group) is 1. The molecule has 2 aromatic rings. The number of fused-ring (bicyclic) bond motifs is 1. The van der Waals surface area contributed by atoms with Crippen LogP contribution in [0.25, 0.3) is 10.9 Å². The van der Waals surface area contributed by atoms with E-state index in [2.05, 4.69) is 27.2 Å². The van der Waals surface area contributed by atoms with Crippen LogP contribution in [0.3, 0.4) is 0 Å². The van der Waals surface area contributed by atoms with Gasteiger partial charge in [0.15, 0.2) is 0 Å². The second kappa shape index (κ2) is 5.75. The van der Waals surface area contributed by atoms with Gasteiger partial charge in [0.2, 0.25) is 10.0 Å². The molecule has 0 bridgehead atoms. The molecule has 114 valence electrons. The topological polar surface area (TPSA) is 69.3 Å². The maximum absolute atomic E-state index is 11.7. The van der Waals surface area contributed by atoms with E-state index in [1.54, 1.807) is 10.5 Å². The second-order valence-electron chi connectivity index (χ2n) is 5.60. The number of hydrogen-bond donors (Lipinski definition) is 1. The molecule has 1 aromatic heterocycles. The summed E-state index contributed by atoms with van der Waals surface area (Å²) in [7, 11) is -0.970. The summed E-state index contributed by atoms with van der Waals surface area (Å²) >= 11 is 0. The third-order valence-electron chi connectivity index (χ3n) is 3.89.